The first-order chi connectivity index (χ1) is 16.9. The van der Waals surface area contributed by atoms with Crippen molar-refractivity contribution in [2.24, 2.45) is 11.8 Å². The van der Waals surface area contributed by atoms with E-state index in [1.807, 2.05) is 13.8 Å². The summed E-state index contributed by atoms with van der Waals surface area (Å²) in [6.45, 7) is 10.7. The number of aryl methyl sites for hydroxylation is 1. The average molecular weight is 481 g/mol. The van der Waals surface area contributed by atoms with Crippen LogP contribution in [0.3, 0.4) is 0 Å². The van der Waals surface area contributed by atoms with E-state index in [0.29, 0.717) is 0 Å². The van der Waals surface area contributed by atoms with Crippen LogP contribution in [-0.2, 0) is 12.8 Å². The largest absolute Gasteiger partial charge is 0.497 e. The van der Waals surface area contributed by atoms with E-state index in [1.165, 1.54) is 88.2 Å². The Morgan fingerprint density at radius 3 is 1.63 bits per heavy atom. The van der Waals surface area contributed by atoms with Crippen LogP contribution in [0.25, 0.3) is 0 Å². The molecule has 0 fully saturated rings. The molecular weight excluding hydrogens is 428 g/mol. The van der Waals surface area contributed by atoms with Crippen molar-refractivity contribution in [1.82, 2.24) is 0 Å². The van der Waals surface area contributed by atoms with Gasteiger partial charge in [0.1, 0.15) is 5.75 Å². The van der Waals surface area contributed by atoms with Gasteiger partial charge in [0.25, 0.3) is 0 Å². The summed E-state index contributed by atoms with van der Waals surface area (Å²) in [4.78, 5) is 11.5. The van der Waals surface area contributed by atoms with Gasteiger partial charge in [0.2, 0.25) is 0 Å². The first-order valence-corrected chi connectivity index (χ1v) is 14.1. The Morgan fingerprint density at radius 1 is 0.686 bits per heavy atom. The van der Waals surface area contributed by atoms with Gasteiger partial charge < -0.3 is 4.74 Å². The number of ether oxygens (including phenoxy) is 1. The highest BCUT2D eigenvalue weighted by Gasteiger charge is 2.09. The van der Waals surface area contributed by atoms with Crippen molar-refractivity contribution in [2.45, 2.75) is 112 Å². The van der Waals surface area contributed by atoms with Crippen LogP contribution in [0.15, 0.2) is 48.5 Å². The van der Waals surface area contributed by atoms with E-state index in [2.05, 4.69) is 45.0 Å². The highest BCUT2D eigenvalue weighted by Crippen LogP contribution is 2.15. The van der Waals surface area contributed by atoms with E-state index in [-0.39, 0.29) is 11.7 Å². The zero-order valence-electron chi connectivity index (χ0n) is 23.6. The van der Waals surface area contributed by atoms with Crippen LogP contribution in [0.4, 0.5) is 0 Å². The Labute approximate surface area is 216 Å². The molecule has 35 heavy (non-hydrogen) atoms. The van der Waals surface area contributed by atoms with Crippen molar-refractivity contribution in [3.63, 3.8) is 0 Å². The van der Waals surface area contributed by atoms with Gasteiger partial charge in [-0.1, -0.05) is 117 Å². The molecule has 0 atom stereocenters. The lowest BCUT2D eigenvalue weighted by Gasteiger charge is -2.07. The molecule has 0 saturated heterocycles. The van der Waals surface area contributed by atoms with Gasteiger partial charge in [-0.05, 0) is 60.6 Å². The molecule has 2 heteroatoms. The van der Waals surface area contributed by atoms with Crippen LogP contribution in [-0.4, -0.2) is 12.9 Å². The molecule has 0 aliphatic carbocycles. The van der Waals surface area contributed by atoms with Crippen LogP contribution in [0.1, 0.15) is 120 Å². The molecule has 2 nitrogen and oxygen atoms in total. The molecule has 0 aliphatic heterocycles. The molecule has 0 aromatic heterocycles. The van der Waals surface area contributed by atoms with Crippen molar-refractivity contribution in [3.05, 3.63) is 65.2 Å². The van der Waals surface area contributed by atoms with E-state index < -0.39 is 0 Å². The minimum atomic E-state index is 0.0494. The topological polar surface area (TPSA) is 26.3 Å². The van der Waals surface area contributed by atoms with E-state index in [0.717, 1.165) is 17.2 Å². The Kier molecular flexibility index (Phi) is 16.9. The average Bonchev–Trinajstić information content (AvgIpc) is 2.86. The Hall–Kier alpha value is -2.09. The summed E-state index contributed by atoms with van der Waals surface area (Å²) in [5, 5.41) is 0. The summed E-state index contributed by atoms with van der Waals surface area (Å²) in [5.41, 5.74) is 3.75. The molecule has 0 radical (unpaired) electrons. The maximum absolute atomic E-state index is 11.5. The summed E-state index contributed by atoms with van der Waals surface area (Å²) in [7, 11) is 1.61. The Bertz CT molecular complexity index is 772. The third-order valence-electron chi connectivity index (χ3n) is 6.38. The zero-order chi connectivity index (χ0) is 25.9. The fourth-order valence-corrected chi connectivity index (χ4v) is 4.22. The first-order valence-electron chi connectivity index (χ1n) is 14.1. The number of hydrogen-bond acceptors (Lipinski definition) is 2. The number of carbonyl (C=O) groups is 1. The number of unbranched alkanes of at least 4 members (excludes halogenated alkanes) is 9. The molecule has 0 N–H and O–H groups in total. The van der Waals surface area contributed by atoms with Crippen molar-refractivity contribution >= 4 is 5.78 Å². The molecular formula is C33H52O2. The normalized spacial score (nSPS) is 10.9. The fraction of sp³-hybridized carbons (Fsp3) is 0.606. The number of ketones is 1. The monoisotopic (exact) mass is 480 g/mol. The summed E-state index contributed by atoms with van der Waals surface area (Å²) in [6, 6.07) is 16.5. The van der Waals surface area contributed by atoms with Crippen LogP contribution >= 0.6 is 0 Å². The zero-order valence-corrected chi connectivity index (χ0v) is 23.6. The minimum Gasteiger partial charge on any atom is -0.497 e. The van der Waals surface area contributed by atoms with E-state index in [9.17, 15) is 4.79 Å². The quantitative estimate of drug-likeness (QED) is 0.176. The fourth-order valence-electron chi connectivity index (χ4n) is 4.22. The SMILES string of the molecule is CCCCCCCCCCCCc1ccc(CC(C)C)cc1.COc1ccc(C(=O)C(C)C)cc1. The lowest BCUT2D eigenvalue weighted by Crippen LogP contribution is -2.06. The van der Waals surface area contributed by atoms with Gasteiger partial charge >= 0.3 is 0 Å². The van der Waals surface area contributed by atoms with Crippen LogP contribution in [0, 0.1) is 11.8 Å². The second-order valence-electron chi connectivity index (χ2n) is 10.6. The molecule has 0 spiro atoms. The Balaban J connectivity index is 0.000000400. The molecule has 0 saturated carbocycles. The highest BCUT2D eigenvalue weighted by atomic mass is 16.5. The van der Waals surface area contributed by atoms with Gasteiger partial charge in [-0.15, -0.1) is 0 Å². The number of methoxy groups -OCH3 is 1. The molecule has 2 aromatic rings. The second-order valence-corrected chi connectivity index (χ2v) is 10.6. The molecule has 196 valence electrons. The molecule has 0 aliphatic rings. The predicted molar refractivity (Wildman–Crippen MR) is 153 cm³/mol. The number of benzene rings is 2. The van der Waals surface area contributed by atoms with Gasteiger partial charge in [-0.2, -0.15) is 0 Å². The van der Waals surface area contributed by atoms with Crippen molar-refractivity contribution in [3.8, 4) is 5.75 Å². The molecule has 0 heterocycles. The number of rotatable bonds is 16. The minimum absolute atomic E-state index is 0.0494. The molecule has 2 aromatic carbocycles. The number of Topliss-reactive ketones (excluding diaryl/α,β-unsaturated/α-hetero) is 1. The molecule has 0 amide bonds. The summed E-state index contributed by atoms with van der Waals surface area (Å²) >= 11 is 0. The standard InChI is InChI=1S/C22H38.C11H14O2/c1-4-5-6-7-8-9-10-11-12-13-14-21-15-17-22(18-16-21)19-20(2)3;1-8(2)11(12)9-4-6-10(13-3)7-5-9/h15-18,20H,4-14,19H2,1-3H3;4-8H,1-3H3. The third kappa shape index (κ3) is 14.8. The summed E-state index contributed by atoms with van der Waals surface area (Å²) in [5.74, 6) is 1.75. The second kappa shape index (κ2) is 19.1. The smallest absolute Gasteiger partial charge is 0.165 e. The predicted octanol–water partition coefficient (Wildman–Crippen LogP) is 9.88. The van der Waals surface area contributed by atoms with Crippen molar-refractivity contribution < 1.29 is 9.53 Å². The van der Waals surface area contributed by atoms with Gasteiger partial charge in [-0.3, -0.25) is 4.79 Å². The van der Waals surface area contributed by atoms with Gasteiger partial charge in [0.15, 0.2) is 5.78 Å². The highest BCUT2D eigenvalue weighted by molar-refractivity contribution is 5.97. The summed E-state index contributed by atoms with van der Waals surface area (Å²) < 4.78 is 5.00. The summed E-state index contributed by atoms with van der Waals surface area (Å²) in [6.07, 6.45) is 16.7. The Morgan fingerprint density at radius 2 is 1.17 bits per heavy atom. The number of carbonyl (C=O) groups excluding carboxylic acids is 1. The lowest BCUT2D eigenvalue weighted by molar-refractivity contribution is 0.0939. The van der Waals surface area contributed by atoms with E-state index in [1.54, 1.807) is 31.4 Å². The van der Waals surface area contributed by atoms with Crippen LogP contribution in [0.2, 0.25) is 0 Å². The van der Waals surface area contributed by atoms with Gasteiger partial charge in [0.05, 0.1) is 7.11 Å². The van der Waals surface area contributed by atoms with Crippen LogP contribution < -0.4 is 4.74 Å². The van der Waals surface area contributed by atoms with E-state index in [4.69, 9.17) is 4.74 Å². The lowest BCUT2D eigenvalue weighted by atomic mass is 9.99. The third-order valence-corrected chi connectivity index (χ3v) is 6.38. The van der Waals surface area contributed by atoms with Gasteiger partial charge in [0, 0.05) is 11.5 Å². The van der Waals surface area contributed by atoms with Crippen molar-refractivity contribution in [2.75, 3.05) is 7.11 Å². The molecule has 0 bridgehead atoms. The molecule has 0 unspecified atom stereocenters. The first kappa shape index (κ1) is 30.9. The maximum Gasteiger partial charge on any atom is 0.165 e. The maximum atomic E-state index is 11.5. The number of hydrogen-bond donors (Lipinski definition) is 0. The molecule has 2 rings (SSSR count). The van der Waals surface area contributed by atoms with Gasteiger partial charge in [-0.25, -0.2) is 0 Å². The van der Waals surface area contributed by atoms with Crippen LogP contribution in [0.5, 0.6) is 5.75 Å². The van der Waals surface area contributed by atoms with Crippen molar-refractivity contribution in [1.29, 1.82) is 0 Å². The van der Waals surface area contributed by atoms with E-state index >= 15 is 0 Å².